The van der Waals surface area contributed by atoms with Crippen LogP contribution in [-0.2, 0) is 6.42 Å². The van der Waals surface area contributed by atoms with Crippen molar-refractivity contribution in [2.24, 2.45) is 5.73 Å². The highest BCUT2D eigenvalue weighted by Crippen LogP contribution is 2.51. The maximum atomic E-state index is 13.0. The molecule has 5 aromatic rings. The van der Waals surface area contributed by atoms with Crippen molar-refractivity contribution < 1.29 is 9.59 Å². The van der Waals surface area contributed by atoms with Gasteiger partial charge in [-0.05, 0) is 63.7 Å². The Bertz CT molecular complexity index is 1620. The second kappa shape index (κ2) is 8.74. The van der Waals surface area contributed by atoms with E-state index in [-0.39, 0.29) is 17.4 Å². The van der Waals surface area contributed by atoms with E-state index in [0.29, 0.717) is 16.8 Å². The number of aldehydes is 1. The summed E-state index contributed by atoms with van der Waals surface area (Å²) >= 11 is 0. The van der Waals surface area contributed by atoms with Crippen LogP contribution < -0.4 is 11.1 Å². The first-order valence-corrected chi connectivity index (χ1v) is 12.2. The minimum absolute atomic E-state index is 0.253. The van der Waals surface area contributed by atoms with Crippen molar-refractivity contribution in [2.75, 3.05) is 5.32 Å². The molecule has 0 bridgehead atoms. The van der Waals surface area contributed by atoms with E-state index in [1.165, 1.54) is 21.9 Å². The van der Waals surface area contributed by atoms with Gasteiger partial charge in [-0.1, -0.05) is 84.9 Å². The summed E-state index contributed by atoms with van der Waals surface area (Å²) in [4.78, 5) is 24.8. The number of nitrogens with two attached hydrogens (primary N) is 1. The van der Waals surface area contributed by atoms with Gasteiger partial charge >= 0.3 is 0 Å². The maximum absolute atomic E-state index is 13.0. The van der Waals surface area contributed by atoms with Crippen LogP contribution in [0, 0.1) is 0 Å². The van der Waals surface area contributed by atoms with Gasteiger partial charge in [0.05, 0.1) is 5.56 Å². The molecule has 1 aliphatic rings. The van der Waals surface area contributed by atoms with E-state index in [4.69, 9.17) is 5.73 Å². The summed E-state index contributed by atoms with van der Waals surface area (Å²) < 4.78 is 0. The number of nitrogens with one attached hydrogen (secondary N) is 1. The number of amides is 1. The summed E-state index contributed by atoms with van der Waals surface area (Å²) in [6.45, 7) is 0. The molecule has 0 radical (unpaired) electrons. The molecule has 4 nitrogen and oxygen atoms in total. The molecule has 0 aliphatic heterocycles. The third kappa shape index (κ3) is 4.06. The molecule has 6 rings (SSSR count). The first kappa shape index (κ1) is 22.2. The highest BCUT2D eigenvalue weighted by atomic mass is 16.1. The Hall–Kier alpha value is -4.28. The molecule has 176 valence electrons. The van der Waals surface area contributed by atoms with Crippen LogP contribution in [0.25, 0.3) is 21.5 Å². The fourth-order valence-corrected chi connectivity index (χ4v) is 5.31. The SMILES string of the molecule is NC1(Cc2ccc3ccccc3c2)CC1c1ccc(NC(=O)c2ccc3ccccc3c2C=O)cc1. The summed E-state index contributed by atoms with van der Waals surface area (Å²) in [6, 6.07) is 34.0. The van der Waals surface area contributed by atoms with Crippen LogP contribution in [0.15, 0.2) is 103 Å². The van der Waals surface area contributed by atoms with Crippen molar-refractivity contribution in [1.82, 2.24) is 0 Å². The van der Waals surface area contributed by atoms with Crippen molar-refractivity contribution in [1.29, 1.82) is 0 Å². The van der Waals surface area contributed by atoms with E-state index in [2.05, 4.69) is 47.8 Å². The molecule has 0 heterocycles. The summed E-state index contributed by atoms with van der Waals surface area (Å²) in [5, 5.41) is 7.11. The summed E-state index contributed by atoms with van der Waals surface area (Å²) in [5.74, 6) is -0.0117. The van der Waals surface area contributed by atoms with Crippen molar-refractivity contribution in [3.05, 3.63) is 125 Å². The lowest BCUT2D eigenvalue weighted by Crippen LogP contribution is -2.27. The average molecular weight is 471 g/mol. The average Bonchev–Trinajstić information content (AvgIpc) is 3.58. The Morgan fingerprint density at radius 1 is 0.861 bits per heavy atom. The minimum atomic E-state index is -0.300. The third-order valence-electron chi connectivity index (χ3n) is 7.37. The standard InChI is InChI=1S/C32H26N2O2/c33-32(18-21-9-10-22-5-1-2-7-25(22)17-21)19-30(32)24-11-14-26(15-12-24)34-31(36)28-16-13-23-6-3-4-8-27(23)29(28)20-35/h1-17,20,30H,18-19,33H2,(H,34,36). The van der Waals surface area contributed by atoms with Gasteiger partial charge in [0.25, 0.3) is 5.91 Å². The third-order valence-corrected chi connectivity index (χ3v) is 7.37. The van der Waals surface area contributed by atoms with Gasteiger partial charge in [-0.2, -0.15) is 0 Å². The largest absolute Gasteiger partial charge is 0.324 e. The molecule has 1 saturated carbocycles. The van der Waals surface area contributed by atoms with Crippen molar-refractivity contribution in [2.45, 2.75) is 24.3 Å². The first-order chi connectivity index (χ1) is 17.5. The van der Waals surface area contributed by atoms with Crippen molar-refractivity contribution in [3.63, 3.8) is 0 Å². The van der Waals surface area contributed by atoms with Crippen molar-refractivity contribution in [3.8, 4) is 0 Å². The zero-order valence-electron chi connectivity index (χ0n) is 19.8. The second-order valence-electron chi connectivity index (χ2n) is 9.79. The predicted octanol–water partition coefficient (Wildman–Crippen LogP) is 6.49. The molecular formula is C32H26N2O2. The Labute approximate surface area is 209 Å². The summed E-state index contributed by atoms with van der Waals surface area (Å²) in [7, 11) is 0. The number of carbonyl (C=O) groups is 2. The van der Waals surface area contributed by atoms with E-state index >= 15 is 0 Å². The van der Waals surface area contributed by atoms with Gasteiger partial charge in [-0.3, -0.25) is 9.59 Å². The van der Waals surface area contributed by atoms with Crippen LogP contribution >= 0.6 is 0 Å². The molecule has 3 N–H and O–H groups in total. The molecular weight excluding hydrogens is 444 g/mol. The molecule has 5 aromatic carbocycles. The van der Waals surface area contributed by atoms with Crippen LogP contribution in [0.3, 0.4) is 0 Å². The zero-order chi connectivity index (χ0) is 24.7. The van der Waals surface area contributed by atoms with E-state index in [1.807, 2.05) is 54.6 Å². The molecule has 1 amide bonds. The number of benzene rings is 5. The molecule has 2 atom stereocenters. The Morgan fingerprint density at radius 3 is 2.33 bits per heavy atom. The number of hydrogen-bond donors (Lipinski definition) is 2. The van der Waals surface area contributed by atoms with E-state index < -0.39 is 0 Å². The van der Waals surface area contributed by atoms with Crippen LogP contribution in [0.1, 0.15) is 44.2 Å². The van der Waals surface area contributed by atoms with Gasteiger partial charge in [-0.25, -0.2) is 0 Å². The van der Waals surface area contributed by atoms with Crippen LogP contribution in [0.4, 0.5) is 5.69 Å². The highest BCUT2D eigenvalue weighted by molar-refractivity contribution is 6.14. The zero-order valence-corrected chi connectivity index (χ0v) is 19.8. The van der Waals surface area contributed by atoms with E-state index in [9.17, 15) is 9.59 Å². The number of fused-ring (bicyclic) bond motifs is 2. The van der Waals surface area contributed by atoms with E-state index in [1.54, 1.807) is 6.07 Å². The molecule has 2 unspecified atom stereocenters. The maximum Gasteiger partial charge on any atom is 0.256 e. The summed E-state index contributed by atoms with van der Waals surface area (Å²) in [5.41, 5.74) is 10.4. The monoisotopic (exact) mass is 470 g/mol. The van der Waals surface area contributed by atoms with Gasteiger partial charge < -0.3 is 11.1 Å². The quantitative estimate of drug-likeness (QED) is 0.279. The van der Waals surface area contributed by atoms with Gasteiger partial charge in [0.2, 0.25) is 0 Å². The molecule has 0 saturated heterocycles. The topological polar surface area (TPSA) is 72.2 Å². The lowest BCUT2D eigenvalue weighted by molar-refractivity contribution is 0.101. The van der Waals surface area contributed by atoms with Crippen LogP contribution in [0.2, 0.25) is 0 Å². The molecule has 1 aliphatic carbocycles. The number of carbonyl (C=O) groups excluding carboxylic acids is 2. The number of anilines is 1. The Morgan fingerprint density at radius 2 is 1.56 bits per heavy atom. The van der Waals surface area contributed by atoms with Gasteiger partial charge in [-0.15, -0.1) is 0 Å². The lowest BCUT2D eigenvalue weighted by atomic mass is 9.97. The Kier molecular flexibility index (Phi) is 5.39. The molecule has 0 spiro atoms. The van der Waals surface area contributed by atoms with Crippen LogP contribution in [-0.4, -0.2) is 17.7 Å². The fraction of sp³-hybridized carbons (Fsp3) is 0.125. The van der Waals surface area contributed by atoms with Crippen molar-refractivity contribution >= 4 is 39.4 Å². The molecule has 36 heavy (non-hydrogen) atoms. The van der Waals surface area contributed by atoms with Crippen LogP contribution in [0.5, 0.6) is 0 Å². The van der Waals surface area contributed by atoms with Gasteiger partial charge in [0.1, 0.15) is 0 Å². The fourth-order valence-electron chi connectivity index (χ4n) is 5.31. The number of hydrogen-bond acceptors (Lipinski definition) is 3. The second-order valence-corrected chi connectivity index (χ2v) is 9.79. The molecule has 4 heteroatoms. The first-order valence-electron chi connectivity index (χ1n) is 12.2. The lowest BCUT2D eigenvalue weighted by Gasteiger charge is -2.13. The summed E-state index contributed by atoms with van der Waals surface area (Å²) in [6.07, 6.45) is 2.52. The molecule has 0 aromatic heterocycles. The highest BCUT2D eigenvalue weighted by Gasteiger charge is 2.51. The van der Waals surface area contributed by atoms with Gasteiger partial charge in [0, 0.05) is 22.7 Å². The van der Waals surface area contributed by atoms with E-state index in [0.717, 1.165) is 29.9 Å². The Balaban J connectivity index is 1.16. The molecule has 1 fully saturated rings. The van der Waals surface area contributed by atoms with Gasteiger partial charge in [0.15, 0.2) is 6.29 Å². The minimum Gasteiger partial charge on any atom is -0.324 e. The number of rotatable bonds is 6. The predicted molar refractivity (Wildman–Crippen MR) is 146 cm³/mol. The smallest absolute Gasteiger partial charge is 0.256 e. The normalized spacial score (nSPS) is 18.8.